The van der Waals surface area contributed by atoms with Crippen molar-refractivity contribution in [1.82, 2.24) is 24.8 Å². The minimum atomic E-state index is 0.172. The molecule has 0 spiro atoms. The minimum Gasteiger partial charge on any atom is -0.373 e. The molecule has 1 atom stereocenters. The number of amides is 1. The minimum absolute atomic E-state index is 0.172. The van der Waals surface area contributed by atoms with Crippen LogP contribution in [0.1, 0.15) is 30.1 Å². The van der Waals surface area contributed by atoms with Crippen molar-refractivity contribution in [3.63, 3.8) is 0 Å². The molecule has 34 heavy (non-hydrogen) atoms. The predicted octanol–water partition coefficient (Wildman–Crippen LogP) is 4.91. The number of likely N-dealkylation sites (tertiary alicyclic amines) is 1. The van der Waals surface area contributed by atoms with E-state index < -0.39 is 0 Å². The molecule has 5 rings (SSSR count). The van der Waals surface area contributed by atoms with Crippen LogP contribution in [-0.2, 0) is 4.79 Å². The Bertz CT molecular complexity index is 1320. The van der Waals surface area contributed by atoms with Crippen molar-refractivity contribution in [2.24, 2.45) is 0 Å². The van der Waals surface area contributed by atoms with Gasteiger partial charge in [0.1, 0.15) is 11.5 Å². The lowest BCUT2D eigenvalue weighted by Crippen LogP contribution is -2.20. The molecule has 1 amide bonds. The number of nitrogens with one attached hydrogen (secondary N) is 1. The van der Waals surface area contributed by atoms with Gasteiger partial charge in [-0.05, 0) is 49.1 Å². The van der Waals surface area contributed by atoms with Crippen LogP contribution < -0.4 is 5.32 Å². The highest BCUT2D eigenvalue weighted by molar-refractivity contribution is 5.72. The molecule has 1 saturated heterocycles. The topological polar surface area (TPSA) is 83.9 Å². The van der Waals surface area contributed by atoms with E-state index in [4.69, 9.17) is 4.98 Å². The molecule has 7 heteroatoms. The molecule has 0 bridgehead atoms. The van der Waals surface area contributed by atoms with Crippen molar-refractivity contribution >= 4 is 12.2 Å². The molecule has 1 unspecified atom stereocenters. The molecule has 0 saturated carbocycles. The van der Waals surface area contributed by atoms with E-state index in [0.717, 1.165) is 59.6 Å². The maximum Gasteiger partial charge on any atom is 0.210 e. The molecular weight excluding hydrogens is 424 g/mol. The highest BCUT2D eigenvalue weighted by Crippen LogP contribution is 2.32. The summed E-state index contributed by atoms with van der Waals surface area (Å²) in [6.07, 6.45) is 6.68. The highest BCUT2D eigenvalue weighted by atomic mass is 16.1. The van der Waals surface area contributed by atoms with Crippen molar-refractivity contribution in [3.8, 4) is 33.9 Å². The molecule has 0 radical (unpaired) electrons. The Balaban J connectivity index is 1.47. The normalized spacial score (nSPS) is 15.4. The van der Waals surface area contributed by atoms with Crippen LogP contribution in [0.15, 0.2) is 67.0 Å². The van der Waals surface area contributed by atoms with Gasteiger partial charge in [0.25, 0.3) is 0 Å². The molecule has 1 aliphatic rings. The number of aromatic nitrogens is 4. The molecule has 1 aliphatic heterocycles. The second-order valence-electron chi connectivity index (χ2n) is 8.46. The summed E-state index contributed by atoms with van der Waals surface area (Å²) < 4.78 is 0. The summed E-state index contributed by atoms with van der Waals surface area (Å²) in [5.41, 5.74) is 6.56. The molecule has 3 aromatic heterocycles. The monoisotopic (exact) mass is 450 g/mol. The third-order valence-electron chi connectivity index (χ3n) is 6.19. The lowest BCUT2D eigenvalue weighted by molar-refractivity contribution is -0.118. The standard InChI is InChI=1S/C27H26N6O/c1-18-5-3-6-23(30-18)27-31-24(14-26(28-2)32-27)22-13-21(15-29-16-22)19-8-10-20(11-9-19)25-7-4-12-33(25)17-34/h3,5-6,8-11,13-17,25H,4,7,12H2,1-2H3,(H,28,31,32). The van der Waals surface area contributed by atoms with Crippen molar-refractivity contribution < 1.29 is 4.79 Å². The summed E-state index contributed by atoms with van der Waals surface area (Å²) >= 11 is 0. The number of carbonyl (C=O) groups is 1. The summed E-state index contributed by atoms with van der Waals surface area (Å²) in [5.74, 6) is 1.28. The molecule has 1 fully saturated rings. The van der Waals surface area contributed by atoms with Gasteiger partial charge >= 0.3 is 0 Å². The quantitative estimate of drug-likeness (QED) is 0.420. The number of rotatable bonds is 6. The van der Waals surface area contributed by atoms with Crippen LogP contribution in [0.3, 0.4) is 0 Å². The molecule has 1 aromatic carbocycles. The fourth-order valence-corrected chi connectivity index (χ4v) is 4.41. The third kappa shape index (κ3) is 4.37. The maximum absolute atomic E-state index is 11.3. The first-order chi connectivity index (χ1) is 16.6. The molecule has 7 nitrogen and oxygen atoms in total. The van der Waals surface area contributed by atoms with E-state index in [2.05, 4.69) is 50.6 Å². The SMILES string of the molecule is CNc1cc(-c2cncc(-c3ccc(C4CCCN4C=O)cc3)c2)nc(-c2cccc(C)n2)n1. The lowest BCUT2D eigenvalue weighted by atomic mass is 9.99. The summed E-state index contributed by atoms with van der Waals surface area (Å²) in [7, 11) is 1.84. The number of carbonyl (C=O) groups excluding carboxylic acids is 1. The van der Waals surface area contributed by atoms with E-state index in [1.165, 1.54) is 5.56 Å². The van der Waals surface area contributed by atoms with Gasteiger partial charge in [0, 0.05) is 48.9 Å². The second kappa shape index (κ2) is 9.39. The molecule has 0 aliphatic carbocycles. The Morgan fingerprint density at radius 2 is 1.76 bits per heavy atom. The van der Waals surface area contributed by atoms with Gasteiger partial charge in [-0.1, -0.05) is 30.3 Å². The summed E-state index contributed by atoms with van der Waals surface area (Å²) in [5, 5.41) is 3.12. The lowest BCUT2D eigenvalue weighted by Gasteiger charge is -2.20. The van der Waals surface area contributed by atoms with Crippen LogP contribution in [0, 0.1) is 6.92 Å². The van der Waals surface area contributed by atoms with E-state index in [1.54, 1.807) is 0 Å². The van der Waals surface area contributed by atoms with Crippen LogP contribution in [0.5, 0.6) is 0 Å². The Morgan fingerprint density at radius 3 is 2.53 bits per heavy atom. The smallest absolute Gasteiger partial charge is 0.210 e. The number of aryl methyl sites for hydroxylation is 1. The van der Waals surface area contributed by atoms with Crippen molar-refractivity contribution in [2.75, 3.05) is 18.9 Å². The van der Waals surface area contributed by atoms with Gasteiger partial charge < -0.3 is 10.2 Å². The molecule has 4 heterocycles. The fraction of sp³-hybridized carbons (Fsp3) is 0.222. The summed E-state index contributed by atoms with van der Waals surface area (Å²) in [4.78, 5) is 31.7. The van der Waals surface area contributed by atoms with Gasteiger partial charge in [-0.2, -0.15) is 0 Å². The third-order valence-corrected chi connectivity index (χ3v) is 6.19. The van der Waals surface area contributed by atoms with E-state index in [-0.39, 0.29) is 6.04 Å². The van der Waals surface area contributed by atoms with Crippen molar-refractivity contribution in [1.29, 1.82) is 0 Å². The van der Waals surface area contributed by atoms with Crippen LogP contribution in [0.4, 0.5) is 5.82 Å². The zero-order valence-corrected chi connectivity index (χ0v) is 19.3. The van der Waals surface area contributed by atoms with E-state index in [0.29, 0.717) is 11.6 Å². The number of anilines is 1. The second-order valence-corrected chi connectivity index (χ2v) is 8.46. The Labute approximate surface area is 199 Å². The van der Waals surface area contributed by atoms with Gasteiger partial charge in [0.2, 0.25) is 6.41 Å². The number of nitrogens with zero attached hydrogens (tertiary/aromatic N) is 5. The molecular formula is C27H26N6O. The summed E-state index contributed by atoms with van der Waals surface area (Å²) in [6, 6.07) is 18.4. The van der Waals surface area contributed by atoms with Crippen molar-refractivity contribution in [3.05, 3.63) is 78.2 Å². The molecule has 1 N–H and O–H groups in total. The number of hydrogen-bond donors (Lipinski definition) is 1. The van der Waals surface area contributed by atoms with E-state index >= 15 is 0 Å². The van der Waals surface area contributed by atoms with Crippen LogP contribution >= 0.6 is 0 Å². The van der Waals surface area contributed by atoms with Gasteiger partial charge in [-0.3, -0.25) is 9.78 Å². The van der Waals surface area contributed by atoms with E-state index in [9.17, 15) is 4.79 Å². The zero-order chi connectivity index (χ0) is 23.5. The molecule has 4 aromatic rings. The zero-order valence-electron chi connectivity index (χ0n) is 19.3. The summed E-state index contributed by atoms with van der Waals surface area (Å²) in [6.45, 7) is 2.78. The largest absolute Gasteiger partial charge is 0.373 e. The van der Waals surface area contributed by atoms with Gasteiger partial charge in [0.15, 0.2) is 5.82 Å². The fourth-order valence-electron chi connectivity index (χ4n) is 4.41. The Kier molecular flexibility index (Phi) is 5.99. The number of pyridine rings is 2. The first-order valence-electron chi connectivity index (χ1n) is 11.4. The van der Waals surface area contributed by atoms with Gasteiger partial charge in [-0.25, -0.2) is 15.0 Å². The van der Waals surface area contributed by atoms with Crippen LogP contribution in [-0.4, -0.2) is 44.8 Å². The number of hydrogen-bond acceptors (Lipinski definition) is 6. The number of benzene rings is 1. The highest BCUT2D eigenvalue weighted by Gasteiger charge is 2.24. The van der Waals surface area contributed by atoms with Crippen LogP contribution in [0.25, 0.3) is 33.9 Å². The van der Waals surface area contributed by atoms with Gasteiger partial charge in [0.05, 0.1) is 11.7 Å². The average Bonchev–Trinajstić information content (AvgIpc) is 3.37. The predicted molar refractivity (Wildman–Crippen MR) is 133 cm³/mol. The van der Waals surface area contributed by atoms with Gasteiger partial charge in [-0.15, -0.1) is 0 Å². The van der Waals surface area contributed by atoms with Crippen molar-refractivity contribution in [2.45, 2.75) is 25.8 Å². The Morgan fingerprint density at radius 1 is 0.941 bits per heavy atom. The Hall–Kier alpha value is -4.13. The first-order valence-corrected chi connectivity index (χ1v) is 11.4. The van der Waals surface area contributed by atoms with E-state index in [1.807, 2.05) is 55.5 Å². The maximum atomic E-state index is 11.3. The molecule has 170 valence electrons. The van der Waals surface area contributed by atoms with Crippen LogP contribution in [0.2, 0.25) is 0 Å². The first kappa shape index (κ1) is 21.7. The average molecular weight is 451 g/mol.